The fourth-order valence-electron chi connectivity index (χ4n) is 4.76. The van der Waals surface area contributed by atoms with Crippen LogP contribution < -0.4 is 5.32 Å². The van der Waals surface area contributed by atoms with Crippen LogP contribution in [0, 0.1) is 0 Å². The molecule has 26 heteroatoms. The van der Waals surface area contributed by atoms with Gasteiger partial charge in [0.1, 0.15) is 0 Å². The predicted octanol–water partition coefficient (Wildman–Crippen LogP) is 6.04. The zero-order valence-electron chi connectivity index (χ0n) is 43.4. The third-order valence-electron chi connectivity index (χ3n) is 9.09. The summed E-state index contributed by atoms with van der Waals surface area (Å²) in [7, 11) is -5.34. The first-order valence-electron chi connectivity index (χ1n) is 22.1. The van der Waals surface area contributed by atoms with Gasteiger partial charge in [0.15, 0.2) is 36.8 Å². The molecule has 3 rings (SSSR count). The minimum Gasteiger partial charge on any atom is -0.384 e. The van der Waals surface area contributed by atoms with Crippen molar-refractivity contribution in [2.75, 3.05) is 252 Å². The van der Waals surface area contributed by atoms with Gasteiger partial charge in [-0.25, -0.2) is 0 Å². The molecule has 20 nitrogen and oxygen atoms in total. The van der Waals surface area contributed by atoms with Crippen LogP contribution in [0.15, 0.2) is 0 Å². The Bertz CT molecular complexity index is 1420. The Labute approximate surface area is 395 Å². The van der Waals surface area contributed by atoms with Crippen molar-refractivity contribution >= 4 is 44.2 Å². The van der Waals surface area contributed by atoms with Gasteiger partial charge in [-0.05, 0) is 7.05 Å². The molecule has 3 aliphatic rings. The van der Waals surface area contributed by atoms with Crippen LogP contribution in [0.5, 0.6) is 0 Å². The molecule has 2 atom stereocenters. The van der Waals surface area contributed by atoms with E-state index in [9.17, 15) is 27.4 Å². The van der Waals surface area contributed by atoms with Crippen molar-refractivity contribution < 1.29 is 68.7 Å². The molecular formula is C39H95N5O15P6. The van der Waals surface area contributed by atoms with Crippen molar-refractivity contribution in [1.29, 1.82) is 0 Å². The molecule has 3 aliphatic heterocycles. The minimum atomic E-state index is -2.44. The van der Waals surface area contributed by atoms with Crippen molar-refractivity contribution in [2.45, 2.75) is 6.92 Å². The number of piperazine rings is 2. The molecular weight excluding hydrogens is 964 g/mol. The van der Waals surface area contributed by atoms with Crippen LogP contribution in [0.25, 0.3) is 0 Å². The van der Waals surface area contributed by atoms with Gasteiger partial charge in [-0.1, -0.05) is 6.92 Å². The van der Waals surface area contributed by atoms with E-state index in [0.717, 1.165) is 98.3 Å². The van der Waals surface area contributed by atoms with Gasteiger partial charge >= 0.3 is 0 Å². The van der Waals surface area contributed by atoms with Gasteiger partial charge < -0.3 is 51.6 Å². The lowest BCUT2D eigenvalue weighted by molar-refractivity contribution is 0.0325. The third-order valence-corrected chi connectivity index (χ3v) is 16.0. The normalized spacial score (nSPS) is 18.8. The van der Waals surface area contributed by atoms with Crippen LogP contribution >= 0.6 is 44.2 Å². The van der Waals surface area contributed by atoms with E-state index < -0.39 is 44.2 Å². The lowest BCUT2D eigenvalue weighted by Crippen LogP contribution is -2.45. The Balaban J connectivity index is -0.000000733. The second kappa shape index (κ2) is 39.4. The number of nitrogens with zero attached hydrogens (tertiary/aromatic N) is 4. The predicted molar refractivity (Wildman–Crippen MR) is 272 cm³/mol. The van der Waals surface area contributed by atoms with Crippen LogP contribution in [-0.2, 0) is 68.7 Å². The molecule has 0 bridgehead atoms. The summed E-state index contributed by atoms with van der Waals surface area (Å²) in [6, 6.07) is 0. The van der Waals surface area contributed by atoms with Gasteiger partial charge in [0.2, 0.25) is 7.37 Å². The quantitative estimate of drug-likeness (QED) is 0.0967. The molecule has 0 saturated carbocycles. The van der Waals surface area contributed by atoms with E-state index in [1.54, 1.807) is 80.9 Å². The number of methoxy groups -OCH3 is 2. The maximum atomic E-state index is 11.9. The molecule has 3 saturated heterocycles. The van der Waals surface area contributed by atoms with Crippen molar-refractivity contribution in [3.8, 4) is 0 Å². The van der Waals surface area contributed by atoms with Crippen molar-refractivity contribution in [2.24, 2.45) is 0 Å². The summed E-state index contributed by atoms with van der Waals surface area (Å²) in [5.74, 6) is 0. The van der Waals surface area contributed by atoms with E-state index in [-0.39, 0.29) is 0 Å². The molecule has 0 aromatic heterocycles. The van der Waals surface area contributed by atoms with Crippen molar-refractivity contribution in [3.63, 3.8) is 0 Å². The lowest BCUT2D eigenvalue weighted by Gasteiger charge is -2.32. The topological polar surface area (TPSA) is 210 Å². The SMILES string of the molecule is CCP(C)(=O)OC.CN1CCN(CCOP(C)(C)=O)CC1.COCCOP(C)(C)=O.COCCP(C)(=O)OCCN1CCNCC1.COP(C)(C)=O.CP(C)(=O)OCCN1CCOCC1. The molecule has 396 valence electrons. The number of rotatable bonds is 22. The Morgan fingerprint density at radius 2 is 0.846 bits per heavy atom. The maximum Gasteiger partial charge on any atom is 0.202 e. The monoisotopic (exact) mass is 1060 g/mol. The molecule has 0 spiro atoms. The fourth-order valence-corrected chi connectivity index (χ4v) is 7.69. The third kappa shape index (κ3) is 55.6. The first-order chi connectivity index (χ1) is 29.9. The van der Waals surface area contributed by atoms with Crippen LogP contribution in [-0.4, -0.2) is 272 Å². The molecule has 2 unspecified atom stereocenters. The number of nitrogens with one attached hydrogen (secondary N) is 1. The molecule has 0 radical (unpaired) electrons. The van der Waals surface area contributed by atoms with Crippen LogP contribution in [0.2, 0.25) is 0 Å². The van der Waals surface area contributed by atoms with Gasteiger partial charge in [-0.2, -0.15) is 0 Å². The molecule has 0 aliphatic carbocycles. The summed E-state index contributed by atoms with van der Waals surface area (Å²) in [6.45, 7) is 36.0. The standard InChI is InChI=1S/C10H23N2O3P.C9H21N2O2P.C8H18NO3P.C5H13O3P.C4H11O2P.C3H9O2P/c1-14-9-10-16(2,13)15-8-7-12-5-3-11-4-6-12;1-10-4-6-11(7-5-10)8-9-13-14(2,3)12;1-13(2,10)12-8-5-9-3-6-11-7-4-9;1-7-4-5-8-9(2,3)6;1-4-7(3,5)6-2;1-5-6(2,3)4/h11H,3-10H2,1-2H3;4-9H2,1-3H3;3-8H2,1-2H3;4-5H2,1-3H3;4H2,1-3H3;1-3H3. The van der Waals surface area contributed by atoms with E-state index in [4.69, 9.17) is 32.3 Å². The lowest BCUT2D eigenvalue weighted by atomic mass is 10.3. The van der Waals surface area contributed by atoms with Crippen LogP contribution in [0.1, 0.15) is 6.92 Å². The highest BCUT2D eigenvalue weighted by Gasteiger charge is 2.18. The molecule has 0 aromatic carbocycles. The molecule has 3 fully saturated rings. The van der Waals surface area contributed by atoms with E-state index in [0.29, 0.717) is 52.0 Å². The Kier molecular flexibility index (Phi) is 42.5. The first-order valence-corrected chi connectivity index (χ1v) is 36.7. The summed E-state index contributed by atoms with van der Waals surface area (Å²) < 4.78 is 111. The Morgan fingerprint density at radius 3 is 1.20 bits per heavy atom. The second-order valence-corrected chi connectivity index (χ2v) is 33.9. The maximum absolute atomic E-state index is 11.9. The zero-order chi connectivity index (χ0) is 50.6. The second-order valence-electron chi connectivity index (χ2n) is 17.0. The Hall–Kier alpha value is 0.820. The first kappa shape index (κ1) is 70.1. The van der Waals surface area contributed by atoms with Crippen molar-refractivity contribution in [1.82, 2.24) is 24.9 Å². The average Bonchev–Trinajstić information content (AvgIpc) is 3.21. The summed E-state index contributed by atoms with van der Waals surface area (Å²) >= 11 is 0. The molecule has 1 N–H and O–H groups in total. The van der Waals surface area contributed by atoms with Gasteiger partial charge in [-0.15, -0.1) is 0 Å². The van der Waals surface area contributed by atoms with Crippen LogP contribution in [0.4, 0.5) is 0 Å². The van der Waals surface area contributed by atoms with Gasteiger partial charge in [-0.3, -0.25) is 42.1 Å². The number of hydrogen-bond acceptors (Lipinski definition) is 20. The molecule has 0 aromatic rings. The van der Waals surface area contributed by atoms with E-state index >= 15 is 0 Å². The van der Waals surface area contributed by atoms with Crippen molar-refractivity contribution in [3.05, 3.63) is 0 Å². The zero-order valence-corrected chi connectivity index (χ0v) is 48.7. The number of hydrogen-bond donors (Lipinski definition) is 1. The molecule has 65 heavy (non-hydrogen) atoms. The smallest absolute Gasteiger partial charge is 0.202 e. The van der Waals surface area contributed by atoms with Gasteiger partial charge in [0.25, 0.3) is 0 Å². The van der Waals surface area contributed by atoms with Gasteiger partial charge in [0.05, 0.1) is 52.9 Å². The highest BCUT2D eigenvalue weighted by molar-refractivity contribution is 7.59. The number of morpholine rings is 1. The summed E-state index contributed by atoms with van der Waals surface area (Å²) in [6.07, 6.45) is 1.13. The van der Waals surface area contributed by atoms with Gasteiger partial charge in [0, 0.05) is 192 Å². The minimum absolute atomic E-state index is 0.417. The molecule has 0 amide bonds. The number of ether oxygens (including phenoxy) is 3. The van der Waals surface area contributed by atoms with E-state index in [1.807, 2.05) is 6.92 Å². The highest BCUT2D eigenvalue weighted by Crippen LogP contribution is 2.42. The molecule has 3 heterocycles. The fraction of sp³-hybridized carbons (Fsp3) is 1.00. The largest absolute Gasteiger partial charge is 0.384 e. The average molecular weight is 1060 g/mol. The summed E-state index contributed by atoms with van der Waals surface area (Å²) in [4.78, 5) is 9.27. The summed E-state index contributed by atoms with van der Waals surface area (Å²) in [5.41, 5.74) is 0. The highest BCUT2D eigenvalue weighted by atomic mass is 31.2. The number of likely N-dealkylation sites (N-methyl/N-ethyl adjacent to an activating group) is 1. The Morgan fingerprint density at radius 1 is 0.462 bits per heavy atom. The van der Waals surface area contributed by atoms with E-state index in [2.05, 4.69) is 41.0 Å². The summed E-state index contributed by atoms with van der Waals surface area (Å²) in [5, 5.41) is 3.30. The van der Waals surface area contributed by atoms with Crippen LogP contribution in [0.3, 0.4) is 0 Å². The van der Waals surface area contributed by atoms with E-state index in [1.165, 1.54) is 14.2 Å².